The van der Waals surface area contributed by atoms with Gasteiger partial charge in [0.25, 0.3) is 0 Å². The highest BCUT2D eigenvalue weighted by atomic mass is 16.5. The predicted molar refractivity (Wildman–Crippen MR) is 66.6 cm³/mol. The van der Waals surface area contributed by atoms with E-state index < -0.39 is 5.91 Å². The van der Waals surface area contributed by atoms with Crippen LogP contribution in [0.15, 0.2) is 24.3 Å². The van der Waals surface area contributed by atoms with Crippen molar-refractivity contribution in [1.29, 1.82) is 0 Å². The Labute approximate surface area is 105 Å². The minimum atomic E-state index is -0.464. The lowest BCUT2D eigenvalue weighted by Gasteiger charge is -2.06. The molecule has 0 aliphatic rings. The molecule has 0 heterocycles. The van der Waals surface area contributed by atoms with Crippen LogP contribution in [0.2, 0.25) is 0 Å². The number of amides is 2. The summed E-state index contributed by atoms with van der Waals surface area (Å²) in [5.74, 6) is 4.97. The minimum Gasteiger partial charge on any atom is -0.494 e. The molecule has 1 rings (SSSR count). The van der Waals surface area contributed by atoms with Crippen molar-refractivity contribution < 1.29 is 14.3 Å². The van der Waals surface area contributed by atoms with Gasteiger partial charge < -0.3 is 10.5 Å². The third kappa shape index (κ3) is 4.84. The first kappa shape index (κ1) is 14.0. The van der Waals surface area contributed by atoms with Gasteiger partial charge in [-0.25, -0.2) is 5.84 Å². The molecule has 0 radical (unpaired) electrons. The molecule has 1 aromatic carbocycles. The number of hydrogen-bond donors (Lipinski definition) is 3. The summed E-state index contributed by atoms with van der Waals surface area (Å²) in [5, 5.41) is 0. The van der Waals surface area contributed by atoms with Crippen LogP contribution in [0, 0.1) is 0 Å². The normalized spacial score (nSPS) is 9.83. The molecule has 0 aliphatic heterocycles. The summed E-state index contributed by atoms with van der Waals surface area (Å²) in [6.45, 7) is 0.508. The molecule has 0 fully saturated rings. The number of unbranched alkanes of at least 4 members (excludes halogenated alkanes) is 1. The fourth-order valence-corrected chi connectivity index (χ4v) is 1.37. The second-order valence-electron chi connectivity index (χ2n) is 3.76. The fraction of sp³-hybridized carbons (Fsp3) is 0.333. The summed E-state index contributed by atoms with van der Waals surface area (Å²) in [6, 6.07) is 6.60. The zero-order valence-corrected chi connectivity index (χ0v) is 10.0. The third-order valence-electron chi connectivity index (χ3n) is 2.37. The number of benzene rings is 1. The number of nitrogens with one attached hydrogen (secondary N) is 1. The van der Waals surface area contributed by atoms with E-state index in [1.54, 1.807) is 24.3 Å². The Hall–Kier alpha value is -2.08. The highest BCUT2D eigenvalue weighted by Crippen LogP contribution is 2.12. The van der Waals surface area contributed by atoms with E-state index in [0.717, 1.165) is 6.42 Å². The van der Waals surface area contributed by atoms with Gasteiger partial charge in [-0.2, -0.15) is 0 Å². The van der Waals surface area contributed by atoms with E-state index in [2.05, 4.69) is 5.43 Å². The molecule has 0 aromatic heterocycles. The Balaban J connectivity index is 2.23. The Kier molecular flexibility index (Phi) is 5.66. The van der Waals surface area contributed by atoms with Crippen LogP contribution in [-0.4, -0.2) is 18.4 Å². The first-order valence-corrected chi connectivity index (χ1v) is 5.65. The molecule has 98 valence electrons. The Morgan fingerprint density at radius 2 is 1.83 bits per heavy atom. The van der Waals surface area contributed by atoms with Gasteiger partial charge in [0.15, 0.2) is 0 Å². The summed E-state index contributed by atoms with van der Waals surface area (Å²) in [4.78, 5) is 21.7. The molecular weight excluding hydrogens is 234 g/mol. The van der Waals surface area contributed by atoms with Crippen molar-refractivity contribution >= 4 is 11.8 Å². The molecule has 0 bridgehead atoms. The maximum atomic E-state index is 10.8. The number of hydrogen-bond acceptors (Lipinski definition) is 4. The Morgan fingerprint density at radius 3 is 2.39 bits per heavy atom. The SMILES string of the molecule is NNC(=O)CCCCOc1ccc(C(N)=O)cc1. The lowest BCUT2D eigenvalue weighted by Crippen LogP contribution is -2.29. The first-order chi connectivity index (χ1) is 8.63. The van der Waals surface area contributed by atoms with Crippen molar-refractivity contribution in [2.24, 2.45) is 11.6 Å². The molecule has 0 aliphatic carbocycles. The molecule has 5 N–H and O–H groups in total. The summed E-state index contributed by atoms with van der Waals surface area (Å²) in [6.07, 6.45) is 1.86. The van der Waals surface area contributed by atoms with Gasteiger partial charge in [-0.15, -0.1) is 0 Å². The van der Waals surface area contributed by atoms with Crippen LogP contribution in [0.25, 0.3) is 0 Å². The molecule has 0 saturated carbocycles. The van der Waals surface area contributed by atoms with Crippen molar-refractivity contribution in [2.45, 2.75) is 19.3 Å². The van der Waals surface area contributed by atoms with Gasteiger partial charge in [0.1, 0.15) is 5.75 Å². The average molecular weight is 251 g/mol. The van der Waals surface area contributed by atoms with Crippen LogP contribution in [0.4, 0.5) is 0 Å². The maximum Gasteiger partial charge on any atom is 0.248 e. The number of rotatable bonds is 7. The van der Waals surface area contributed by atoms with E-state index in [9.17, 15) is 9.59 Å². The van der Waals surface area contributed by atoms with E-state index in [1.807, 2.05) is 0 Å². The highest BCUT2D eigenvalue weighted by Gasteiger charge is 2.01. The molecule has 1 aromatic rings. The van der Waals surface area contributed by atoms with Gasteiger partial charge in [0, 0.05) is 12.0 Å². The molecule has 0 unspecified atom stereocenters. The molecule has 18 heavy (non-hydrogen) atoms. The van der Waals surface area contributed by atoms with Gasteiger partial charge in [0.05, 0.1) is 6.61 Å². The minimum absolute atomic E-state index is 0.180. The largest absolute Gasteiger partial charge is 0.494 e. The van der Waals surface area contributed by atoms with Crippen molar-refractivity contribution in [3.05, 3.63) is 29.8 Å². The van der Waals surface area contributed by atoms with Gasteiger partial charge >= 0.3 is 0 Å². The number of carbonyl (C=O) groups is 2. The van der Waals surface area contributed by atoms with E-state index in [0.29, 0.717) is 30.8 Å². The number of ether oxygens (including phenoxy) is 1. The molecule has 6 heteroatoms. The zero-order valence-electron chi connectivity index (χ0n) is 10.0. The van der Waals surface area contributed by atoms with Crippen molar-refractivity contribution in [1.82, 2.24) is 5.43 Å². The highest BCUT2D eigenvalue weighted by molar-refractivity contribution is 5.92. The van der Waals surface area contributed by atoms with E-state index >= 15 is 0 Å². The lowest BCUT2D eigenvalue weighted by molar-refractivity contribution is -0.121. The molecular formula is C12H17N3O3. The van der Waals surface area contributed by atoms with E-state index in [4.69, 9.17) is 16.3 Å². The fourth-order valence-electron chi connectivity index (χ4n) is 1.37. The molecule has 6 nitrogen and oxygen atoms in total. The van der Waals surface area contributed by atoms with Crippen molar-refractivity contribution in [2.75, 3.05) is 6.61 Å². The Morgan fingerprint density at radius 1 is 1.17 bits per heavy atom. The van der Waals surface area contributed by atoms with Gasteiger partial charge in [0.2, 0.25) is 11.8 Å². The monoisotopic (exact) mass is 251 g/mol. The number of primary amides is 1. The average Bonchev–Trinajstić information content (AvgIpc) is 2.38. The van der Waals surface area contributed by atoms with Gasteiger partial charge in [-0.05, 0) is 37.1 Å². The number of hydrazine groups is 1. The van der Waals surface area contributed by atoms with Crippen LogP contribution in [0.1, 0.15) is 29.6 Å². The zero-order chi connectivity index (χ0) is 13.4. The Bertz CT molecular complexity index is 404. The van der Waals surface area contributed by atoms with Crippen LogP contribution in [-0.2, 0) is 4.79 Å². The summed E-state index contributed by atoms with van der Waals surface area (Å²) < 4.78 is 5.44. The summed E-state index contributed by atoms with van der Waals surface area (Å²) in [7, 11) is 0. The van der Waals surface area contributed by atoms with Gasteiger partial charge in [-0.1, -0.05) is 0 Å². The van der Waals surface area contributed by atoms with Crippen LogP contribution in [0.5, 0.6) is 5.75 Å². The molecule has 0 atom stereocenters. The van der Waals surface area contributed by atoms with Crippen LogP contribution in [0.3, 0.4) is 0 Å². The first-order valence-electron chi connectivity index (χ1n) is 5.65. The predicted octanol–water partition coefficient (Wildman–Crippen LogP) is 0.324. The van der Waals surface area contributed by atoms with Gasteiger partial charge in [-0.3, -0.25) is 15.0 Å². The van der Waals surface area contributed by atoms with Crippen LogP contribution < -0.4 is 21.7 Å². The summed E-state index contributed by atoms with van der Waals surface area (Å²) >= 11 is 0. The maximum absolute atomic E-state index is 10.8. The van der Waals surface area contributed by atoms with Crippen molar-refractivity contribution in [3.8, 4) is 5.75 Å². The van der Waals surface area contributed by atoms with Crippen LogP contribution >= 0.6 is 0 Å². The quantitative estimate of drug-likeness (QED) is 0.281. The standard InChI is InChI=1S/C12H17N3O3/c13-12(17)9-4-6-10(7-5-9)18-8-2-1-3-11(16)15-14/h4-7H,1-3,8,14H2,(H2,13,17)(H,15,16). The second-order valence-corrected chi connectivity index (χ2v) is 3.76. The third-order valence-corrected chi connectivity index (χ3v) is 2.37. The molecule has 0 saturated heterocycles. The number of nitrogens with two attached hydrogens (primary N) is 2. The summed E-state index contributed by atoms with van der Waals surface area (Å²) in [5.41, 5.74) is 7.63. The van der Waals surface area contributed by atoms with Crippen molar-refractivity contribution in [3.63, 3.8) is 0 Å². The van der Waals surface area contributed by atoms with E-state index in [1.165, 1.54) is 0 Å². The smallest absolute Gasteiger partial charge is 0.248 e. The molecule has 0 spiro atoms. The second kappa shape index (κ2) is 7.29. The molecule has 2 amide bonds. The van der Waals surface area contributed by atoms with E-state index in [-0.39, 0.29) is 5.91 Å². The lowest BCUT2D eigenvalue weighted by atomic mass is 10.2. The number of carbonyl (C=O) groups excluding carboxylic acids is 2. The topological polar surface area (TPSA) is 107 Å².